The standard InChI is InChI=1S/C16H13ClO3/c17-15-4-2-13(3-5-15)16-6-1-12(7-8-18)9-14(16)10-20-11-19/h1-6,8-9,11H,7,10H2. The molecule has 20 heavy (non-hydrogen) atoms. The molecule has 0 N–H and O–H groups in total. The van der Waals surface area contributed by atoms with Crippen molar-refractivity contribution in [3.05, 3.63) is 58.6 Å². The number of aldehydes is 1. The van der Waals surface area contributed by atoms with E-state index >= 15 is 0 Å². The summed E-state index contributed by atoms with van der Waals surface area (Å²) in [6.45, 7) is 0.589. The second-order valence-corrected chi connectivity index (χ2v) is 4.71. The lowest BCUT2D eigenvalue weighted by Crippen LogP contribution is -1.97. The zero-order chi connectivity index (χ0) is 14.4. The molecule has 0 radical (unpaired) electrons. The molecule has 4 heteroatoms. The quantitative estimate of drug-likeness (QED) is 0.765. The molecule has 102 valence electrons. The molecule has 2 aromatic rings. The molecule has 0 saturated carbocycles. The van der Waals surface area contributed by atoms with Crippen LogP contribution in [0.5, 0.6) is 0 Å². The summed E-state index contributed by atoms with van der Waals surface area (Å²) in [5, 5.41) is 0.664. The first-order valence-electron chi connectivity index (χ1n) is 6.11. The van der Waals surface area contributed by atoms with E-state index in [1.54, 1.807) is 12.1 Å². The fourth-order valence-electron chi connectivity index (χ4n) is 2.02. The number of carbonyl (C=O) groups excluding carboxylic acids is 2. The molecule has 2 rings (SSSR count). The van der Waals surface area contributed by atoms with E-state index in [9.17, 15) is 9.59 Å². The first-order valence-corrected chi connectivity index (χ1v) is 6.49. The number of halogens is 1. The lowest BCUT2D eigenvalue weighted by atomic mass is 9.97. The lowest BCUT2D eigenvalue weighted by Gasteiger charge is -2.11. The second-order valence-electron chi connectivity index (χ2n) is 4.28. The van der Waals surface area contributed by atoms with Crippen LogP contribution in [0, 0.1) is 0 Å². The van der Waals surface area contributed by atoms with Gasteiger partial charge in [-0.2, -0.15) is 0 Å². The van der Waals surface area contributed by atoms with Gasteiger partial charge in [-0.25, -0.2) is 0 Å². The van der Waals surface area contributed by atoms with Gasteiger partial charge in [0.25, 0.3) is 6.47 Å². The van der Waals surface area contributed by atoms with Gasteiger partial charge in [0.15, 0.2) is 0 Å². The molecular formula is C16H13ClO3. The molecule has 0 fully saturated rings. The lowest BCUT2D eigenvalue weighted by molar-refractivity contribution is -0.129. The minimum atomic E-state index is 0.175. The van der Waals surface area contributed by atoms with Gasteiger partial charge in [0.1, 0.15) is 12.9 Å². The molecule has 0 bridgehead atoms. The average Bonchev–Trinajstić information content (AvgIpc) is 2.47. The highest BCUT2D eigenvalue weighted by molar-refractivity contribution is 6.30. The van der Waals surface area contributed by atoms with Crippen molar-refractivity contribution >= 4 is 24.4 Å². The fourth-order valence-corrected chi connectivity index (χ4v) is 2.15. The minimum absolute atomic E-state index is 0.175. The van der Waals surface area contributed by atoms with Crippen molar-refractivity contribution in [1.29, 1.82) is 0 Å². The number of hydrogen-bond donors (Lipinski definition) is 0. The molecule has 3 nitrogen and oxygen atoms in total. The maximum atomic E-state index is 10.6. The van der Waals surface area contributed by atoms with Gasteiger partial charge in [0.05, 0.1) is 0 Å². The third-order valence-electron chi connectivity index (χ3n) is 2.95. The summed E-state index contributed by atoms with van der Waals surface area (Å²) < 4.78 is 4.84. The van der Waals surface area contributed by atoms with Gasteiger partial charge in [0, 0.05) is 11.4 Å². The van der Waals surface area contributed by atoms with E-state index in [-0.39, 0.29) is 6.61 Å². The van der Waals surface area contributed by atoms with Crippen LogP contribution >= 0.6 is 11.6 Å². The van der Waals surface area contributed by atoms with E-state index in [1.165, 1.54) is 0 Å². The molecule has 0 amide bonds. The number of rotatable bonds is 6. The maximum Gasteiger partial charge on any atom is 0.293 e. The van der Waals surface area contributed by atoms with Gasteiger partial charge in [-0.05, 0) is 34.4 Å². The van der Waals surface area contributed by atoms with E-state index in [0.717, 1.165) is 28.5 Å². The molecular weight excluding hydrogens is 276 g/mol. The largest absolute Gasteiger partial charge is 0.463 e. The van der Waals surface area contributed by atoms with E-state index in [0.29, 0.717) is 17.9 Å². The molecule has 0 atom stereocenters. The van der Waals surface area contributed by atoms with Crippen molar-refractivity contribution in [3.63, 3.8) is 0 Å². The Bertz CT molecular complexity index is 606. The first-order chi connectivity index (χ1) is 9.74. The topological polar surface area (TPSA) is 43.4 Å². The van der Waals surface area contributed by atoms with Crippen LogP contribution in [0.15, 0.2) is 42.5 Å². The Morgan fingerprint density at radius 3 is 2.45 bits per heavy atom. The third-order valence-corrected chi connectivity index (χ3v) is 3.20. The van der Waals surface area contributed by atoms with Gasteiger partial charge < -0.3 is 9.53 Å². The minimum Gasteiger partial charge on any atom is -0.463 e. The van der Waals surface area contributed by atoms with E-state index in [2.05, 4.69) is 0 Å². The molecule has 2 aromatic carbocycles. The summed E-state index contributed by atoms with van der Waals surface area (Å²) in [6, 6.07) is 13.1. The molecule has 0 aromatic heterocycles. The SMILES string of the molecule is O=CCc1ccc(-c2ccc(Cl)cc2)c(COC=O)c1. The van der Waals surface area contributed by atoms with Crippen molar-refractivity contribution in [2.24, 2.45) is 0 Å². The van der Waals surface area contributed by atoms with Crippen molar-refractivity contribution in [3.8, 4) is 11.1 Å². The first kappa shape index (κ1) is 14.3. The maximum absolute atomic E-state index is 10.6. The van der Waals surface area contributed by atoms with Crippen LogP contribution in [-0.4, -0.2) is 12.8 Å². The summed E-state index contributed by atoms with van der Waals surface area (Å²) in [5.41, 5.74) is 3.69. The Hall–Kier alpha value is -2.13. The molecule has 0 aliphatic rings. The molecule has 0 saturated heterocycles. The highest BCUT2D eigenvalue weighted by atomic mass is 35.5. The van der Waals surface area contributed by atoms with Gasteiger partial charge in [-0.3, -0.25) is 4.79 Å². The number of benzene rings is 2. The van der Waals surface area contributed by atoms with E-state index in [1.807, 2.05) is 30.3 Å². The Morgan fingerprint density at radius 2 is 1.80 bits per heavy atom. The molecule has 0 aliphatic heterocycles. The van der Waals surface area contributed by atoms with Crippen LogP contribution in [-0.2, 0) is 27.4 Å². The van der Waals surface area contributed by atoms with Crippen LogP contribution < -0.4 is 0 Å². The van der Waals surface area contributed by atoms with Crippen LogP contribution in [0.25, 0.3) is 11.1 Å². The normalized spacial score (nSPS) is 10.1. The molecule has 0 aliphatic carbocycles. The zero-order valence-electron chi connectivity index (χ0n) is 10.7. The van der Waals surface area contributed by atoms with Crippen LogP contribution in [0.2, 0.25) is 5.02 Å². The summed E-state index contributed by atoms with van der Waals surface area (Å²) in [4.78, 5) is 21.0. The van der Waals surface area contributed by atoms with Crippen LogP contribution in [0.4, 0.5) is 0 Å². The number of carbonyl (C=O) groups is 2. The van der Waals surface area contributed by atoms with Gasteiger partial charge >= 0.3 is 0 Å². The van der Waals surface area contributed by atoms with Crippen LogP contribution in [0.3, 0.4) is 0 Å². The number of hydrogen-bond acceptors (Lipinski definition) is 3. The Balaban J connectivity index is 2.41. The van der Waals surface area contributed by atoms with E-state index in [4.69, 9.17) is 16.3 Å². The fraction of sp³-hybridized carbons (Fsp3) is 0.125. The average molecular weight is 289 g/mol. The predicted octanol–water partition coefficient (Wildman–Crippen LogP) is 3.42. The second kappa shape index (κ2) is 6.87. The van der Waals surface area contributed by atoms with Gasteiger partial charge in [-0.15, -0.1) is 0 Å². The molecule has 0 unspecified atom stereocenters. The summed E-state index contributed by atoms with van der Waals surface area (Å²) in [7, 11) is 0. The molecule has 0 heterocycles. The Labute approximate surface area is 122 Å². The zero-order valence-corrected chi connectivity index (χ0v) is 11.5. The number of ether oxygens (including phenoxy) is 1. The Morgan fingerprint density at radius 1 is 1.05 bits per heavy atom. The highest BCUT2D eigenvalue weighted by Gasteiger charge is 2.07. The van der Waals surface area contributed by atoms with Crippen molar-refractivity contribution < 1.29 is 14.3 Å². The van der Waals surface area contributed by atoms with Gasteiger partial charge in [-0.1, -0.05) is 41.9 Å². The summed E-state index contributed by atoms with van der Waals surface area (Å²) in [5.74, 6) is 0. The smallest absolute Gasteiger partial charge is 0.293 e. The summed E-state index contributed by atoms with van der Waals surface area (Å²) in [6.07, 6.45) is 1.19. The Kier molecular flexibility index (Phi) is 4.91. The van der Waals surface area contributed by atoms with Crippen molar-refractivity contribution in [1.82, 2.24) is 0 Å². The third kappa shape index (κ3) is 3.45. The van der Waals surface area contributed by atoms with Gasteiger partial charge in [0.2, 0.25) is 0 Å². The van der Waals surface area contributed by atoms with E-state index < -0.39 is 0 Å². The summed E-state index contributed by atoms with van der Waals surface area (Å²) >= 11 is 5.88. The van der Waals surface area contributed by atoms with Crippen LogP contribution in [0.1, 0.15) is 11.1 Å². The van der Waals surface area contributed by atoms with Crippen molar-refractivity contribution in [2.45, 2.75) is 13.0 Å². The monoisotopic (exact) mass is 288 g/mol. The highest BCUT2D eigenvalue weighted by Crippen LogP contribution is 2.27. The van der Waals surface area contributed by atoms with Crippen molar-refractivity contribution in [2.75, 3.05) is 0 Å². The molecule has 0 spiro atoms. The predicted molar refractivity (Wildman–Crippen MR) is 77.5 cm³/mol.